The Morgan fingerprint density at radius 3 is 2.37 bits per heavy atom. The van der Waals surface area contributed by atoms with E-state index in [0.29, 0.717) is 24.3 Å². The quantitative estimate of drug-likeness (QED) is 0.582. The number of hydrogen-bond donors (Lipinski definition) is 0. The van der Waals surface area contributed by atoms with Crippen LogP contribution in [0.25, 0.3) is 0 Å². The second kappa shape index (κ2) is 7.92. The molecule has 7 heteroatoms. The maximum absolute atomic E-state index is 12.8. The largest absolute Gasteiger partial charge is 0.427 e. The van der Waals surface area contributed by atoms with Crippen LogP contribution in [0.2, 0.25) is 0 Å². The average molecular weight is 387 g/mol. The SMILES string of the molecule is CC(=O)Oc1ccc(C(=O)N2CCCC2CS(=O)(=O)c2ccccc2)cc1. The smallest absolute Gasteiger partial charge is 0.308 e. The van der Waals surface area contributed by atoms with Crippen molar-refractivity contribution >= 4 is 21.7 Å². The van der Waals surface area contributed by atoms with Crippen molar-refractivity contribution < 1.29 is 22.7 Å². The van der Waals surface area contributed by atoms with Gasteiger partial charge in [0.2, 0.25) is 0 Å². The third-order valence-electron chi connectivity index (χ3n) is 4.51. The summed E-state index contributed by atoms with van der Waals surface area (Å²) >= 11 is 0. The fourth-order valence-electron chi connectivity index (χ4n) is 3.25. The first kappa shape index (κ1) is 19.1. The zero-order valence-corrected chi connectivity index (χ0v) is 15.8. The topological polar surface area (TPSA) is 80.8 Å². The number of rotatable bonds is 5. The predicted molar refractivity (Wildman–Crippen MR) is 100 cm³/mol. The molecule has 2 aromatic carbocycles. The van der Waals surface area contributed by atoms with Crippen molar-refractivity contribution in [2.45, 2.75) is 30.7 Å². The molecule has 1 aliphatic rings. The molecule has 1 heterocycles. The van der Waals surface area contributed by atoms with Crippen molar-refractivity contribution in [2.24, 2.45) is 0 Å². The minimum Gasteiger partial charge on any atom is -0.427 e. The summed E-state index contributed by atoms with van der Waals surface area (Å²) < 4.78 is 30.3. The fraction of sp³-hybridized carbons (Fsp3) is 0.300. The predicted octanol–water partition coefficient (Wildman–Crippen LogP) is 2.69. The van der Waals surface area contributed by atoms with Crippen molar-refractivity contribution in [3.8, 4) is 5.75 Å². The van der Waals surface area contributed by atoms with Gasteiger partial charge in [-0.25, -0.2) is 8.42 Å². The first-order chi connectivity index (χ1) is 12.9. The van der Waals surface area contributed by atoms with Gasteiger partial charge in [0, 0.05) is 25.1 Å². The second-order valence-corrected chi connectivity index (χ2v) is 8.54. The normalized spacial score (nSPS) is 16.9. The molecule has 1 aliphatic heterocycles. The molecule has 0 N–H and O–H groups in total. The third kappa shape index (κ3) is 4.54. The van der Waals surface area contributed by atoms with Gasteiger partial charge in [-0.2, -0.15) is 0 Å². The highest BCUT2D eigenvalue weighted by Crippen LogP contribution is 2.24. The number of carbonyl (C=O) groups excluding carboxylic acids is 2. The Labute approximate surface area is 158 Å². The number of esters is 1. The van der Waals surface area contributed by atoms with Crippen LogP contribution in [0.4, 0.5) is 0 Å². The number of hydrogen-bond acceptors (Lipinski definition) is 5. The van der Waals surface area contributed by atoms with Gasteiger partial charge in [-0.15, -0.1) is 0 Å². The van der Waals surface area contributed by atoms with E-state index in [1.807, 2.05) is 0 Å². The standard InChI is InChI=1S/C20H21NO5S/c1-15(22)26-18-11-9-16(10-12-18)20(23)21-13-5-6-17(21)14-27(24,25)19-7-3-2-4-8-19/h2-4,7-12,17H,5-6,13-14H2,1H3. The zero-order valence-electron chi connectivity index (χ0n) is 15.0. The summed E-state index contributed by atoms with van der Waals surface area (Å²) in [6.07, 6.45) is 1.43. The summed E-state index contributed by atoms with van der Waals surface area (Å²) in [4.78, 5) is 25.7. The number of ether oxygens (including phenoxy) is 1. The zero-order chi connectivity index (χ0) is 19.4. The molecular formula is C20H21NO5S. The molecule has 0 aliphatic carbocycles. The highest BCUT2D eigenvalue weighted by molar-refractivity contribution is 7.91. The molecular weight excluding hydrogens is 366 g/mol. The highest BCUT2D eigenvalue weighted by atomic mass is 32.2. The van der Waals surface area contributed by atoms with E-state index < -0.39 is 15.8 Å². The van der Waals surface area contributed by atoms with Crippen molar-refractivity contribution in [1.29, 1.82) is 0 Å². The Balaban J connectivity index is 1.74. The summed E-state index contributed by atoms with van der Waals surface area (Å²) in [6.45, 7) is 1.83. The Morgan fingerprint density at radius 2 is 1.74 bits per heavy atom. The number of nitrogens with zero attached hydrogens (tertiary/aromatic N) is 1. The molecule has 3 rings (SSSR count). The van der Waals surface area contributed by atoms with Crippen LogP contribution in [-0.4, -0.2) is 43.5 Å². The number of carbonyl (C=O) groups is 2. The van der Waals surface area contributed by atoms with Gasteiger partial charge in [-0.1, -0.05) is 18.2 Å². The Morgan fingerprint density at radius 1 is 1.07 bits per heavy atom. The molecule has 1 saturated heterocycles. The molecule has 1 amide bonds. The van der Waals surface area contributed by atoms with Gasteiger partial charge in [0.1, 0.15) is 5.75 Å². The van der Waals surface area contributed by atoms with Crippen molar-refractivity contribution in [3.63, 3.8) is 0 Å². The molecule has 0 bridgehead atoms. The molecule has 0 spiro atoms. The van der Waals surface area contributed by atoms with E-state index >= 15 is 0 Å². The fourth-order valence-corrected chi connectivity index (χ4v) is 4.87. The summed E-state index contributed by atoms with van der Waals surface area (Å²) in [5.41, 5.74) is 0.440. The first-order valence-corrected chi connectivity index (χ1v) is 10.4. The van der Waals surface area contributed by atoms with Gasteiger partial charge >= 0.3 is 5.97 Å². The van der Waals surface area contributed by atoms with Crippen LogP contribution in [0.3, 0.4) is 0 Å². The third-order valence-corrected chi connectivity index (χ3v) is 6.33. The summed E-state index contributed by atoms with van der Waals surface area (Å²) in [6, 6.07) is 14.2. The number of benzene rings is 2. The molecule has 0 saturated carbocycles. The lowest BCUT2D eigenvalue weighted by atomic mass is 10.1. The lowest BCUT2D eigenvalue weighted by molar-refractivity contribution is -0.131. The van der Waals surface area contributed by atoms with E-state index in [9.17, 15) is 18.0 Å². The van der Waals surface area contributed by atoms with Gasteiger partial charge in [0.15, 0.2) is 9.84 Å². The maximum atomic E-state index is 12.8. The van der Waals surface area contributed by atoms with Crippen molar-refractivity contribution in [3.05, 3.63) is 60.2 Å². The first-order valence-electron chi connectivity index (χ1n) is 8.74. The van der Waals surface area contributed by atoms with E-state index in [1.54, 1.807) is 59.5 Å². The van der Waals surface area contributed by atoms with E-state index in [2.05, 4.69) is 0 Å². The minimum absolute atomic E-state index is 0.0890. The number of likely N-dealkylation sites (tertiary alicyclic amines) is 1. The van der Waals surface area contributed by atoms with E-state index in [1.165, 1.54) is 6.92 Å². The number of sulfone groups is 1. The van der Waals surface area contributed by atoms with Crippen LogP contribution in [0, 0.1) is 0 Å². The van der Waals surface area contributed by atoms with Crippen LogP contribution in [-0.2, 0) is 14.6 Å². The van der Waals surface area contributed by atoms with E-state index in [0.717, 1.165) is 6.42 Å². The minimum atomic E-state index is -3.46. The van der Waals surface area contributed by atoms with Crippen LogP contribution in [0.5, 0.6) is 5.75 Å². The van der Waals surface area contributed by atoms with Gasteiger partial charge in [0.25, 0.3) is 5.91 Å². The molecule has 27 heavy (non-hydrogen) atoms. The summed E-state index contributed by atoms with van der Waals surface area (Å²) in [5, 5.41) is 0. The molecule has 1 fully saturated rings. The second-order valence-electron chi connectivity index (χ2n) is 6.51. The van der Waals surface area contributed by atoms with Crippen molar-refractivity contribution in [1.82, 2.24) is 4.90 Å². The highest BCUT2D eigenvalue weighted by Gasteiger charge is 2.33. The Hall–Kier alpha value is -2.67. The van der Waals surface area contributed by atoms with E-state index in [-0.39, 0.29) is 22.6 Å². The molecule has 142 valence electrons. The molecule has 0 radical (unpaired) electrons. The molecule has 2 aromatic rings. The average Bonchev–Trinajstić information content (AvgIpc) is 3.09. The van der Waals surface area contributed by atoms with Gasteiger partial charge in [0.05, 0.1) is 10.6 Å². The van der Waals surface area contributed by atoms with Gasteiger partial charge in [-0.3, -0.25) is 9.59 Å². The molecule has 0 aromatic heterocycles. The lowest BCUT2D eigenvalue weighted by Gasteiger charge is -2.24. The maximum Gasteiger partial charge on any atom is 0.308 e. The van der Waals surface area contributed by atoms with Crippen LogP contribution in [0.15, 0.2) is 59.5 Å². The van der Waals surface area contributed by atoms with Gasteiger partial charge in [-0.05, 0) is 49.2 Å². The summed E-state index contributed by atoms with van der Waals surface area (Å²) in [7, 11) is -3.46. The van der Waals surface area contributed by atoms with Crippen LogP contribution < -0.4 is 4.74 Å². The Bertz CT molecular complexity index is 923. The lowest BCUT2D eigenvalue weighted by Crippen LogP contribution is -2.39. The van der Waals surface area contributed by atoms with E-state index in [4.69, 9.17) is 4.74 Å². The summed E-state index contributed by atoms with van der Waals surface area (Å²) in [5.74, 6) is -0.368. The Kier molecular flexibility index (Phi) is 5.60. The number of amides is 1. The monoisotopic (exact) mass is 387 g/mol. The molecule has 1 unspecified atom stereocenters. The van der Waals surface area contributed by atoms with Crippen LogP contribution in [0.1, 0.15) is 30.1 Å². The molecule has 6 nitrogen and oxygen atoms in total. The van der Waals surface area contributed by atoms with Gasteiger partial charge < -0.3 is 9.64 Å². The van der Waals surface area contributed by atoms with Crippen molar-refractivity contribution in [2.75, 3.05) is 12.3 Å². The van der Waals surface area contributed by atoms with Crippen LogP contribution >= 0.6 is 0 Å². The molecule has 1 atom stereocenters.